The van der Waals surface area contributed by atoms with Crippen molar-refractivity contribution in [2.24, 2.45) is 5.73 Å². The summed E-state index contributed by atoms with van der Waals surface area (Å²) < 4.78 is 28.4. The second-order valence-electron chi connectivity index (χ2n) is 4.89. The number of hydrogen-bond acceptors (Lipinski definition) is 5. The van der Waals surface area contributed by atoms with Crippen LogP contribution in [0.5, 0.6) is 0 Å². The van der Waals surface area contributed by atoms with Crippen LogP contribution in [0.3, 0.4) is 0 Å². The molecule has 0 fully saturated rings. The second-order valence-corrected chi connectivity index (χ2v) is 7.00. The molecule has 0 saturated carbocycles. The molecular weight excluding hydrogens is 278 g/mol. The van der Waals surface area contributed by atoms with Crippen LogP contribution in [0.25, 0.3) is 0 Å². The molecule has 0 heterocycles. The Kier molecular flexibility index (Phi) is 5.71. The highest BCUT2D eigenvalue weighted by molar-refractivity contribution is 7.92. The van der Waals surface area contributed by atoms with Crippen molar-refractivity contribution in [2.75, 3.05) is 18.1 Å². The number of ether oxygens (including phenoxy) is 1. The van der Waals surface area contributed by atoms with Gasteiger partial charge in [0.1, 0.15) is 5.75 Å². The van der Waals surface area contributed by atoms with Gasteiger partial charge >= 0.3 is 5.97 Å². The van der Waals surface area contributed by atoms with Gasteiger partial charge in [0.2, 0.25) is 0 Å². The van der Waals surface area contributed by atoms with E-state index in [4.69, 9.17) is 5.73 Å². The van der Waals surface area contributed by atoms with E-state index >= 15 is 0 Å². The molecule has 20 heavy (non-hydrogen) atoms. The Morgan fingerprint density at radius 1 is 1.25 bits per heavy atom. The molecule has 0 aliphatic heterocycles. The first kappa shape index (κ1) is 16.7. The standard InChI is InChI=1S/C14H21NO4S/c1-4-19-14(16)9-20(17,18)8-13(15)12-6-10(2)5-11(3)7-12/h5-7,13H,4,8-9,15H2,1-3H3. The molecule has 6 heteroatoms. The molecule has 1 unspecified atom stereocenters. The molecule has 0 aliphatic carbocycles. The number of carbonyl (C=O) groups excluding carboxylic acids is 1. The summed E-state index contributed by atoms with van der Waals surface area (Å²) in [5.41, 5.74) is 8.75. The third-order valence-electron chi connectivity index (χ3n) is 2.75. The fourth-order valence-electron chi connectivity index (χ4n) is 2.03. The zero-order valence-electron chi connectivity index (χ0n) is 12.0. The van der Waals surface area contributed by atoms with Crippen molar-refractivity contribution in [3.63, 3.8) is 0 Å². The zero-order valence-corrected chi connectivity index (χ0v) is 12.9. The summed E-state index contributed by atoms with van der Waals surface area (Å²) in [6.07, 6.45) is 0. The third-order valence-corrected chi connectivity index (χ3v) is 4.29. The van der Waals surface area contributed by atoms with Crippen molar-refractivity contribution in [3.8, 4) is 0 Å². The number of aryl methyl sites for hydroxylation is 2. The summed E-state index contributed by atoms with van der Waals surface area (Å²) in [4.78, 5) is 11.2. The summed E-state index contributed by atoms with van der Waals surface area (Å²) in [7, 11) is -3.58. The summed E-state index contributed by atoms with van der Waals surface area (Å²) in [6.45, 7) is 5.65. The number of hydrogen-bond donors (Lipinski definition) is 1. The van der Waals surface area contributed by atoms with E-state index < -0.39 is 27.6 Å². The van der Waals surface area contributed by atoms with Crippen LogP contribution in [-0.2, 0) is 19.4 Å². The zero-order chi connectivity index (χ0) is 15.3. The summed E-state index contributed by atoms with van der Waals surface area (Å²) >= 11 is 0. The molecule has 0 amide bonds. The number of carbonyl (C=O) groups is 1. The summed E-state index contributed by atoms with van der Waals surface area (Å²) in [6, 6.07) is 5.06. The number of benzene rings is 1. The molecule has 0 spiro atoms. The van der Waals surface area contributed by atoms with Gasteiger partial charge in [-0.2, -0.15) is 0 Å². The van der Waals surface area contributed by atoms with Gasteiger partial charge in [0.25, 0.3) is 0 Å². The Labute approximate surface area is 120 Å². The minimum Gasteiger partial charge on any atom is -0.465 e. The van der Waals surface area contributed by atoms with Crippen molar-refractivity contribution in [1.29, 1.82) is 0 Å². The van der Waals surface area contributed by atoms with Gasteiger partial charge in [0.15, 0.2) is 9.84 Å². The van der Waals surface area contributed by atoms with Gasteiger partial charge in [-0.1, -0.05) is 29.3 Å². The van der Waals surface area contributed by atoms with Crippen LogP contribution in [0.4, 0.5) is 0 Å². The maximum atomic E-state index is 11.9. The average molecular weight is 299 g/mol. The molecule has 0 aromatic heterocycles. The van der Waals surface area contributed by atoms with Crippen LogP contribution in [-0.4, -0.2) is 32.5 Å². The lowest BCUT2D eigenvalue weighted by Gasteiger charge is -2.14. The SMILES string of the molecule is CCOC(=O)CS(=O)(=O)CC(N)c1cc(C)cc(C)c1. The molecular formula is C14H21NO4S. The first-order chi connectivity index (χ1) is 9.23. The van der Waals surface area contributed by atoms with Gasteiger partial charge in [-0.05, 0) is 26.3 Å². The lowest BCUT2D eigenvalue weighted by atomic mass is 10.0. The van der Waals surface area contributed by atoms with Gasteiger partial charge in [0, 0.05) is 6.04 Å². The number of nitrogens with two attached hydrogens (primary N) is 1. The monoisotopic (exact) mass is 299 g/mol. The molecule has 0 radical (unpaired) electrons. The van der Waals surface area contributed by atoms with Crippen LogP contribution >= 0.6 is 0 Å². The van der Waals surface area contributed by atoms with E-state index in [0.717, 1.165) is 16.7 Å². The van der Waals surface area contributed by atoms with E-state index in [-0.39, 0.29) is 12.4 Å². The van der Waals surface area contributed by atoms with Crippen LogP contribution < -0.4 is 5.73 Å². The highest BCUT2D eigenvalue weighted by atomic mass is 32.2. The molecule has 0 aliphatic rings. The highest BCUT2D eigenvalue weighted by Crippen LogP contribution is 2.17. The highest BCUT2D eigenvalue weighted by Gasteiger charge is 2.22. The Bertz CT molecular complexity index is 561. The molecule has 1 aromatic carbocycles. The summed E-state index contributed by atoms with van der Waals surface area (Å²) in [5, 5.41) is 0. The second kappa shape index (κ2) is 6.85. The first-order valence-corrected chi connectivity index (χ1v) is 8.25. The lowest BCUT2D eigenvalue weighted by molar-refractivity contribution is -0.139. The molecule has 1 rings (SSSR count). The number of sulfone groups is 1. The van der Waals surface area contributed by atoms with Crippen molar-refractivity contribution >= 4 is 15.8 Å². The molecule has 0 bridgehead atoms. The maximum Gasteiger partial charge on any atom is 0.321 e. The summed E-state index contributed by atoms with van der Waals surface area (Å²) in [5.74, 6) is -1.63. The molecule has 1 aromatic rings. The van der Waals surface area contributed by atoms with Crippen LogP contribution in [0.2, 0.25) is 0 Å². The van der Waals surface area contributed by atoms with E-state index in [1.54, 1.807) is 6.92 Å². The molecule has 112 valence electrons. The van der Waals surface area contributed by atoms with E-state index in [1.165, 1.54) is 0 Å². The Hall–Kier alpha value is -1.40. The Balaban J connectivity index is 2.78. The van der Waals surface area contributed by atoms with Gasteiger partial charge in [-0.15, -0.1) is 0 Å². The third kappa shape index (κ3) is 5.30. The quantitative estimate of drug-likeness (QED) is 0.800. The minimum atomic E-state index is -3.58. The van der Waals surface area contributed by atoms with Crippen molar-refractivity contribution in [3.05, 3.63) is 34.9 Å². The molecule has 2 N–H and O–H groups in total. The Morgan fingerprint density at radius 3 is 2.30 bits per heavy atom. The normalized spacial score (nSPS) is 13.0. The predicted octanol–water partition coefficient (Wildman–Crippen LogP) is 1.28. The van der Waals surface area contributed by atoms with Crippen molar-refractivity contribution in [1.82, 2.24) is 0 Å². The Morgan fingerprint density at radius 2 is 1.80 bits per heavy atom. The first-order valence-electron chi connectivity index (χ1n) is 6.43. The van der Waals surface area contributed by atoms with E-state index in [9.17, 15) is 13.2 Å². The maximum absolute atomic E-state index is 11.9. The van der Waals surface area contributed by atoms with Crippen LogP contribution in [0.1, 0.15) is 29.7 Å². The van der Waals surface area contributed by atoms with E-state index in [1.807, 2.05) is 32.0 Å². The number of rotatable bonds is 6. The van der Waals surface area contributed by atoms with Gasteiger partial charge in [-0.25, -0.2) is 8.42 Å². The number of esters is 1. The molecule has 1 atom stereocenters. The fraction of sp³-hybridized carbons (Fsp3) is 0.500. The average Bonchev–Trinajstić information content (AvgIpc) is 2.26. The van der Waals surface area contributed by atoms with Crippen LogP contribution in [0, 0.1) is 13.8 Å². The van der Waals surface area contributed by atoms with Gasteiger partial charge in [-0.3, -0.25) is 4.79 Å². The predicted molar refractivity (Wildman–Crippen MR) is 78.1 cm³/mol. The topological polar surface area (TPSA) is 86.5 Å². The smallest absolute Gasteiger partial charge is 0.321 e. The van der Waals surface area contributed by atoms with Crippen molar-refractivity contribution in [2.45, 2.75) is 26.8 Å². The lowest BCUT2D eigenvalue weighted by Crippen LogP contribution is -2.27. The fourth-order valence-corrected chi connectivity index (χ4v) is 3.33. The van der Waals surface area contributed by atoms with Crippen LogP contribution in [0.15, 0.2) is 18.2 Å². The van der Waals surface area contributed by atoms with E-state index in [2.05, 4.69) is 4.74 Å². The van der Waals surface area contributed by atoms with E-state index in [0.29, 0.717) is 0 Å². The van der Waals surface area contributed by atoms with Gasteiger partial charge < -0.3 is 10.5 Å². The minimum absolute atomic E-state index is 0.164. The largest absolute Gasteiger partial charge is 0.465 e. The molecule has 0 saturated heterocycles. The van der Waals surface area contributed by atoms with Gasteiger partial charge in [0.05, 0.1) is 12.4 Å². The molecule has 5 nitrogen and oxygen atoms in total. The van der Waals surface area contributed by atoms with Crippen molar-refractivity contribution < 1.29 is 17.9 Å².